The van der Waals surface area contributed by atoms with Crippen molar-refractivity contribution in [1.82, 2.24) is 9.97 Å². The molecule has 0 aliphatic heterocycles. The van der Waals surface area contributed by atoms with Gasteiger partial charge in [-0.3, -0.25) is 0 Å². The molecule has 1 N–H and O–H groups in total. The molecule has 0 radical (unpaired) electrons. The average Bonchev–Trinajstić information content (AvgIpc) is 2.38. The Morgan fingerprint density at radius 1 is 1.26 bits per heavy atom. The second-order valence-corrected chi connectivity index (χ2v) is 5.55. The first kappa shape index (κ1) is 14.3. The van der Waals surface area contributed by atoms with Gasteiger partial charge in [0, 0.05) is 32.9 Å². The Labute approximate surface area is 126 Å². The summed E-state index contributed by atoms with van der Waals surface area (Å²) in [6.07, 6.45) is 0. The smallest absolute Gasteiger partial charge is 0.162 e. The molecule has 1 aromatic heterocycles. The van der Waals surface area contributed by atoms with Gasteiger partial charge in [0.05, 0.1) is 0 Å². The van der Waals surface area contributed by atoms with E-state index in [1.807, 2.05) is 39.0 Å². The molecule has 100 valence electrons. The average molecular weight is 341 g/mol. The number of hydrogen-bond acceptors (Lipinski definition) is 3. The second-order valence-electron chi connectivity index (χ2n) is 4.26. The van der Waals surface area contributed by atoms with Crippen molar-refractivity contribution in [3.8, 4) is 11.4 Å². The molecule has 0 aliphatic rings. The van der Waals surface area contributed by atoms with Crippen LogP contribution in [-0.2, 0) is 0 Å². The summed E-state index contributed by atoms with van der Waals surface area (Å²) < 4.78 is 0.933. The number of anilines is 1. The van der Waals surface area contributed by atoms with Gasteiger partial charge in [-0.15, -0.1) is 0 Å². The molecular weight excluding hydrogens is 326 g/mol. The highest BCUT2D eigenvalue weighted by molar-refractivity contribution is 9.10. The highest BCUT2D eigenvalue weighted by atomic mass is 79.9. The Morgan fingerprint density at radius 3 is 2.68 bits per heavy atom. The van der Waals surface area contributed by atoms with Crippen LogP contribution in [0.1, 0.15) is 18.2 Å². The Hall–Kier alpha value is -1.13. The largest absolute Gasteiger partial charge is 0.370 e. The lowest BCUT2D eigenvalue weighted by molar-refractivity contribution is 1.05. The third-order valence-corrected chi connectivity index (χ3v) is 3.83. The molecule has 0 spiro atoms. The lowest BCUT2D eigenvalue weighted by Gasteiger charge is -2.12. The van der Waals surface area contributed by atoms with Crippen molar-refractivity contribution in [2.45, 2.75) is 20.8 Å². The number of aryl methyl sites for hydroxylation is 1. The fourth-order valence-electron chi connectivity index (χ4n) is 1.76. The van der Waals surface area contributed by atoms with Crippen LogP contribution in [0.4, 0.5) is 5.82 Å². The molecule has 0 saturated heterocycles. The molecule has 0 atom stereocenters. The fourth-order valence-corrected chi connectivity index (χ4v) is 2.35. The summed E-state index contributed by atoms with van der Waals surface area (Å²) in [4.78, 5) is 9.13. The summed E-state index contributed by atoms with van der Waals surface area (Å²) in [5, 5.41) is 3.93. The van der Waals surface area contributed by atoms with E-state index < -0.39 is 0 Å². The molecule has 0 fully saturated rings. The fraction of sp³-hybridized carbons (Fsp3) is 0.286. The quantitative estimate of drug-likeness (QED) is 0.886. The zero-order valence-corrected chi connectivity index (χ0v) is 13.4. The van der Waals surface area contributed by atoms with Crippen LogP contribution in [-0.4, -0.2) is 16.5 Å². The number of rotatable bonds is 3. The van der Waals surface area contributed by atoms with Crippen LogP contribution in [0.2, 0.25) is 5.02 Å². The molecule has 2 aromatic rings. The Bertz CT molecular complexity index is 614. The first-order valence-electron chi connectivity index (χ1n) is 6.07. The summed E-state index contributed by atoms with van der Waals surface area (Å²) >= 11 is 9.56. The van der Waals surface area contributed by atoms with E-state index in [0.717, 1.165) is 33.7 Å². The van der Waals surface area contributed by atoms with Gasteiger partial charge in [-0.05, 0) is 39.0 Å². The molecular formula is C14H15BrClN3. The Balaban J connectivity index is 2.59. The van der Waals surface area contributed by atoms with Crippen LogP contribution in [0.5, 0.6) is 0 Å². The summed E-state index contributed by atoms with van der Waals surface area (Å²) in [6, 6.07) is 5.61. The van der Waals surface area contributed by atoms with Crippen LogP contribution >= 0.6 is 27.5 Å². The topological polar surface area (TPSA) is 37.8 Å². The SMILES string of the molecule is CCNc1nc(-c2cc(Cl)ccc2Br)nc(C)c1C. The van der Waals surface area contributed by atoms with E-state index in [2.05, 4.69) is 31.2 Å². The summed E-state index contributed by atoms with van der Waals surface area (Å²) in [6.45, 7) is 6.88. The minimum absolute atomic E-state index is 0.671. The van der Waals surface area contributed by atoms with Gasteiger partial charge in [0.2, 0.25) is 0 Å². The summed E-state index contributed by atoms with van der Waals surface area (Å²) in [7, 11) is 0. The molecule has 2 rings (SSSR count). The van der Waals surface area contributed by atoms with Gasteiger partial charge in [-0.1, -0.05) is 27.5 Å². The van der Waals surface area contributed by atoms with Crippen molar-refractivity contribution >= 4 is 33.3 Å². The van der Waals surface area contributed by atoms with Crippen molar-refractivity contribution in [2.24, 2.45) is 0 Å². The molecule has 0 aliphatic carbocycles. The summed E-state index contributed by atoms with van der Waals surface area (Å²) in [5.41, 5.74) is 2.94. The van der Waals surface area contributed by atoms with Crippen LogP contribution < -0.4 is 5.32 Å². The number of nitrogens with zero attached hydrogens (tertiary/aromatic N) is 2. The maximum Gasteiger partial charge on any atom is 0.162 e. The zero-order valence-electron chi connectivity index (χ0n) is 11.1. The monoisotopic (exact) mass is 339 g/mol. The maximum atomic E-state index is 6.05. The highest BCUT2D eigenvalue weighted by Crippen LogP contribution is 2.30. The van der Waals surface area contributed by atoms with Gasteiger partial charge < -0.3 is 5.32 Å². The zero-order chi connectivity index (χ0) is 14.0. The molecule has 19 heavy (non-hydrogen) atoms. The van der Waals surface area contributed by atoms with E-state index in [1.165, 1.54) is 0 Å². The van der Waals surface area contributed by atoms with Crippen LogP contribution in [0.25, 0.3) is 11.4 Å². The number of benzene rings is 1. The molecule has 3 nitrogen and oxygen atoms in total. The van der Waals surface area contributed by atoms with Gasteiger partial charge in [0.1, 0.15) is 5.82 Å². The molecule has 5 heteroatoms. The van der Waals surface area contributed by atoms with Gasteiger partial charge in [-0.2, -0.15) is 0 Å². The summed E-state index contributed by atoms with van der Waals surface area (Å²) in [5.74, 6) is 1.55. The number of aromatic nitrogens is 2. The maximum absolute atomic E-state index is 6.05. The predicted molar refractivity (Wildman–Crippen MR) is 83.8 cm³/mol. The minimum atomic E-state index is 0.671. The van der Waals surface area contributed by atoms with E-state index in [9.17, 15) is 0 Å². The van der Waals surface area contributed by atoms with Crippen LogP contribution in [0, 0.1) is 13.8 Å². The van der Waals surface area contributed by atoms with Gasteiger partial charge >= 0.3 is 0 Å². The minimum Gasteiger partial charge on any atom is -0.370 e. The van der Waals surface area contributed by atoms with Crippen LogP contribution in [0.15, 0.2) is 22.7 Å². The molecule has 1 heterocycles. The normalized spacial score (nSPS) is 10.6. The van der Waals surface area contributed by atoms with Crippen molar-refractivity contribution in [3.63, 3.8) is 0 Å². The second kappa shape index (κ2) is 5.88. The van der Waals surface area contributed by atoms with E-state index in [0.29, 0.717) is 10.8 Å². The van der Waals surface area contributed by atoms with E-state index in [1.54, 1.807) is 0 Å². The number of hydrogen-bond donors (Lipinski definition) is 1. The van der Waals surface area contributed by atoms with Crippen LogP contribution in [0.3, 0.4) is 0 Å². The molecule has 0 saturated carbocycles. The number of halogens is 2. The van der Waals surface area contributed by atoms with Crippen molar-refractivity contribution in [2.75, 3.05) is 11.9 Å². The number of nitrogens with one attached hydrogen (secondary N) is 1. The first-order chi connectivity index (χ1) is 9.02. The highest BCUT2D eigenvalue weighted by Gasteiger charge is 2.12. The van der Waals surface area contributed by atoms with Gasteiger partial charge in [-0.25, -0.2) is 9.97 Å². The lowest BCUT2D eigenvalue weighted by Crippen LogP contribution is -2.06. The third-order valence-electron chi connectivity index (χ3n) is 2.90. The van der Waals surface area contributed by atoms with Crippen molar-refractivity contribution in [1.29, 1.82) is 0 Å². The van der Waals surface area contributed by atoms with Gasteiger partial charge in [0.15, 0.2) is 5.82 Å². The van der Waals surface area contributed by atoms with Crippen molar-refractivity contribution < 1.29 is 0 Å². The molecule has 0 unspecified atom stereocenters. The van der Waals surface area contributed by atoms with Gasteiger partial charge in [0.25, 0.3) is 0 Å². The standard InChI is InChI=1S/C14H15BrClN3/c1-4-17-13-8(2)9(3)18-14(19-13)11-7-10(16)5-6-12(11)15/h5-7H,4H2,1-3H3,(H,17,18,19). The Morgan fingerprint density at radius 2 is 2.00 bits per heavy atom. The van der Waals surface area contributed by atoms with E-state index in [-0.39, 0.29) is 0 Å². The first-order valence-corrected chi connectivity index (χ1v) is 7.24. The molecule has 0 bridgehead atoms. The predicted octanol–water partition coefficient (Wildman–Crippen LogP) is 4.61. The van der Waals surface area contributed by atoms with Crippen molar-refractivity contribution in [3.05, 3.63) is 39.0 Å². The lowest BCUT2D eigenvalue weighted by atomic mass is 10.2. The Kier molecular flexibility index (Phi) is 4.42. The molecule has 0 amide bonds. The molecule has 1 aromatic carbocycles. The van der Waals surface area contributed by atoms with E-state index >= 15 is 0 Å². The third kappa shape index (κ3) is 3.07. The van der Waals surface area contributed by atoms with E-state index in [4.69, 9.17) is 11.6 Å².